The zero-order chi connectivity index (χ0) is 20.6. The van der Waals surface area contributed by atoms with E-state index in [9.17, 15) is 26.4 Å². The number of esters is 1. The number of anilines is 1. The van der Waals surface area contributed by atoms with Gasteiger partial charge in [-0.05, 0) is 39.0 Å². The van der Waals surface area contributed by atoms with Crippen molar-refractivity contribution in [3.05, 3.63) is 46.8 Å². The Hall–Kier alpha value is -2.49. The van der Waals surface area contributed by atoms with E-state index in [1.807, 2.05) is 0 Å². The summed E-state index contributed by atoms with van der Waals surface area (Å²) in [5.74, 6) is -0.680. The molecule has 27 heavy (non-hydrogen) atoms. The number of halogens is 3. The molecule has 0 aliphatic rings. The largest absolute Gasteiger partial charge is 0.461 e. The molecule has 10 heteroatoms. The molecule has 0 saturated carbocycles. The summed E-state index contributed by atoms with van der Waals surface area (Å²) in [6, 6.07) is 3.87. The molecule has 0 radical (unpaired) electrons. The number of aromatic nitrogens is 1. The van der Waals surface area contributed by atoms with Crippen LogP contribution in [0, 0.1) is 13.8 Å². The van der Waals surface area contributed by atoms with Gasteiger partial charge in [0.15, 0.2) is 0 Å². The van der Waals surface area contributed by atoms with Crippen LogP contribution in [0.5, 0.6) is 0 Å². The Morgan fingerprint density at radius 1 is 1.26 bits per heavy atom. The van der Waals surface area contributed by atoms with Gasteiger partial charge in [-0.2, -0.15) is 13.2 Å². The topological polar surface area (TPSA) is 77.4 Å². The third-order valence-corrected chi connectivity index (χ3v) is 5.69. The molecule has 1 aromatic carbocycles. The van der Waals surface area contributed by atoms with Crippen LogP contribution >= 0.6 is 0 Å². The number of hydrogen-bond acceptors (Lipinski definition) is 4. The number of alkyl halides is 3. The predicted octanol–water partition coefficient (Wildman–Crippen LogP) is 3.64. The number of carbonyl (C=O) groups excluding carboxylic acids is 1. The van der Waals surface area contributed by atoms with Crippen LogP contribution in [0.3, 0.4) is 0 Å². The molecule has 0 unspecified atom stereocenters. The van der Waals surface area contributed by atoms with Crippen molar-refractivity contribution < 1.29 is 31.1 Å². The van der Waals surface area contributed by atoms with Gasteiger partial charge in [0.05, 0.1) is 12.2 Å². The van der Waals surface area contributed by atoms with Crippen LogP contribution in [0.2, 0.25) is 0 Å². The molecule has 0 spiro atoms. The molecule has 148 valence electrons. The lowest BCUT2D eigenvalue weighted by atomic mass is 10.2. The van der Waals surface area contributed by atoms with Crippen LogP contribution in [-0.4, -0.2) is 25.6 Å². The van der Waals surface area contributed by atoms with Gasteiger partial charge in [0.1, 0.15) is 10.6 Å². The highest BCUT2D eigenvalue weighted by atomic mass is 32.2. The first-order valence-electron chi connectivity index (χ1n) is 7.93. The third-order valence-electron chi connectivity index (χ3n) is 4.04. The van der Waals surface area contributed by atoms with Gasteiger partial charge in [-0.25, -0.2) is 13.2 Å². The molecule has 1 heterocycles. The number of ether oxygens (including phenoxy) is 1. The van der Waals surface area contributed by atoms with Gasteiger partial charge in [-0.15, -0.1) is 0 Å². The summed E-state index contributed by atoms with van der Waals surface area (Å²) in [4.78, 5) is 11.9. The minimum Gasteiger partial charge on any atom is -0.461 e. The Bertz CT molecular complexity index is 979. The molecule has 0 amide bonds. The first-order valence-corrected chi connectivity index (χ1v) is 9.41. The summed E-state index contributed by atoms with van der Waals surface area (Å²) in [7, 11) is -2.72. The number of carbonyl (C=O) groups is 1. The lowest BCUT2D eigenvalue weighted by molar-refractivity contribution is -0.137. The van der Waals surface area contributed by atoms with E-state index in [1.165, 1.54) is 31.5 Å². The van der Waals surface area contributed by atoms with E-state index in [4.69, 9.17) is 4.74 Å². The molecule has 0 saturated heterocycles. The molecular formula is C17H19F3N2O4S. The second-order valence-electron chi connectivity index (χ2n) is 5.85. The average Bonchev–Trinajstić information content (AvgIpc) is 2.76. The highest BCUT2D eigenvalue weighted by Crippen LogP contribution is 2.32. The maximum atomic E-state index is 12.8. The molecule has 0 aliphatic carbocycles. The Labute approximate surface area is 155 Å². The van der Waals surface area contributed by atoms with Crippen molar-refractivity contribution >= 4 is 21.7 Å². The molecule has 2 rings (SSSR count). The minimum absolute atomic E-state index is 0.0683. The van der Waals surface area contributed by atoms with Gasteiger partial charge < -0.3 is 9.30 Å². The van der Waals surface area contributed by atoms with Gasteiger partial charge >= 0.3 is 12.1 Å². The Balaban J connectivity index is 2.49. The molecule has 0 fully saturated rings. The van der Waals surface area contributed by atoms with Crippen molar-refractivity contribution in [2.45, 2.75) is 31.8 Å². The SMILES string of the molecule is CCOC(=O)c1c(C)c(S(=O)(=O)Nc2cccc(C(F)(F)F)c2)c(C)n1C. The molecule has 1 aromatic heterocycles. The highest BCUT2D eigenvalue weighted by molar-refractivity contribution is 7.92. The molecule has 1 N–H and O–H groups in total. The summed E-state index contributed by atoms with van der Waals surface area (Å²) in [6.45, 7) is 4.68. The maximum Gasteiger partial charge on any atom is 0.416 e. The Morgan fingerprint density at radius 3 is 2.44 bits per heavy atom. The first-order chi connectivity index (χ1) is 12.4. The van der Waals surface area contributed by atoms with Crippen LogP contribution in [0.4, 0.5) is 18.9 Å². The van der Waals surface area contributed by atoms with Crippen LogP contribution in [0.15, 0.2) is 29.2 Å². The zero-order valence-electron chi connectivity index (χ0n) is 15.1. The standard InChI is InChI=1S/C17H19F3N2O4S/c1-5-26-16(23)14-10(2)15(11(3)22(14)4)27(24,25)21-13-8-6-7-12(9-13)17(18,19)20/h6-9,21H,5H2,1-4H3. The van der Waals surface area contributed by atoms with E-state index < -0.39 is 27.7 Å². The lowest BCUT2D eigenvalue weighted by Crippen LogP contribution is -2.16. The van der Waals surface area contributed by atoms with Crippen LogP contribution < -0.4 is 4.72 Å². The van der Waals surface area contributed by atoms with E-state index in [0.29, 0.717) is 6.07 Å². The van der Waals surface area contributed by atoms with Crippen LogP contribution in [0.1, 0.15) is 34.2 Å². The molecule has 6 nitrogen and oxygen atoms in total. The van der Waals surface area contributed by atoms with Crippen molar-refractivity contribution in [1.82, 2.24) is 4.57 Å². The predicted molar refractivity (Wildman–Crippen MR) is 93.1 cm³/mol. The van der Waals surface area contributed by atoms with Crippen molar-refractivity contribution in [2.75, 3.05) is 11.3 Å². The normalized spacial score (nSPS) is 12.1. The fourth-order valence-corrected chi connectivity index (χ4v) is 4.37. The van der Waals surface area contributed by atoms with Gasteiger partial charge in [0, 0.05) is 24.0 Å². The monoisotopic (exact) mass is 404 g/mol. The zero-order valence-corrected chi connectivity index (χ0v) is 16.0. The second kappa shape index (κ2) is 7.26. The van der Waals surface area contributed by atoms with Gasteiger partial charge in [0.25, 0.3) is 10.0 Å². The molecular weight excluding hydrogens is 385 g/mol. The highest BCUT2D eigenvalue weighted by Gasteiger charge is 2.32. The molecule has 0 atom stereocenters. The second-order valence-corrected chi connectivity index (χ2v) is 7.47. The van der Waals surface area contributed by atoms with Crippen molar-refractivity contribution in [3.63, 3.8) is 0 Å². The van der Waals surface area contributed by atoms with Crippen LogP contribution in [0.25, 0.3) is 0 Å². The van der Waals surface area contributed by atoms with Gasteiger partial charge in [-0.1, -0.05) is 6.07 Å². The van der Waals surface area contributed by atoms with Crippen LogP contribution in [-0.2, 0) is 28.0 Å². The number of nitrogens with one attached hydrogen (secondary N) is 1. The fourth-order valence-electron chi connectivity index (χ4n) is 2.80. The number of nitrogens with zero attached hydrogens (tertiary/aromatic N) is 1. The summed E-state index contributed by atoms with van der Waals surface area (Å²) >= 11 is 0. The van der Waals surface area contributed by atoms with E-state index >= 15 is 0 Å². The maximum absolute atomic E-state index is 12.8. The number of sulfonamides is 1. The summed E-state index contributed by atoms with van der Waals surface area (Å²) in [5.41, 5.74) is -0.719. The molecule has 0 aliphatic heterocycles. The molecule has 2 aromatic rings. The smallest absolute Gasteiger partial charge is 0.416 e. The number of benzene rings is 1. The van der Waals surface area contributed by atoms with Crippen molar-refractivity contribution in [1.29, 1.82) is 0 Å². The van der Waals surface area contributed by atoms with Gasteiger partial charge in [-0.3, -0.25) is 4.72 Å². The van der Waals surface area contributed by atoms with Gasteiger partial charge in [0.2, 0.25) is 0 Å². The number of hydrogen-bond donors (Lipinski definition) is 1. The minimum atomic E-state index is -4.60. The average molecular weight is 404 g/mol. The summed E-state index contributed by atoms with van der Waals surface area (Å²) in [5, 5.41) is 0. The number of rotatable bonds is 5. The van der Waals surface area contributed by atoms with Crippen molar-refractivity contribution in [2.24, 2.45) is 7.05 Å². The van der Waals surface area contributed by atoms with E-state index in [2.05, 4.69) is 4.72 Å². The Kier molecular flexibility index (Phi) is 5.60. The lowest BCUT2D eigenvalue weighted by Gasteiger charge is -2.12. The van der Waals surface area contributed by atoms with E-state index in [0.717, 1.165) is 12.1 Å². The van der Waals surface area contributed by atoms with E-state index in [-0.39, 0.29) is 34.1 Å². The molecule has 0 bridgehead atoms. The Morgan fingerprint density at radius 2 is 1.89 bits per heavy atom. The summed E-state index contributed by atoms with van der Waals surface area (Å²) < 4.78 is 72.6. The first kappa shape index (κ1) is 20.8. The fraction of sp³-hybridized carbons (Fsp3) is 0.353. The summed E-state index contributed by atoms with van der Waals surface area (Å²) in [6.07, 6.45) is -4.60. The third kappa shape index (κ3) is 4.10. The van der Waals surface area contributed by atoms with Crippen molar-refractivity contribution in [3.8, 4) is 0 Å². The quantitative estimate of drug-likeness (QED) is 0.772. The van der Waals surface area contributed by atoms with E-state index in [1.54, 1.807) is 6.92 Å².